The summed E-state index contributed by atoms with van der Waals surface area (Å²) in [7, 11) is 0. The average molecular weight is 294 g/mol. The van der Waals surface area contributed by atoms with Gasteiger partial charge in [0, 0.05) is 36.3 Å². The molecule has 1 fully saturated rings. The SMILES string of the molecule is CCc1cc(C(=O)NCCC(=O)N2CCCCC2)cs1. The number of carbonyl (C=O) groups excluding carboxylic acids is 2. The van der Waals surface area contributed by atoms with Crippen molar-refractivity contribution in [3.8, 4) is 0 Å². The molecule has 0 unspecified atom stereocenters. The highest BCUT2D eigenvalue weighted by Gasteiger charge is 2.16. The maximum atomic E-state index is 11.9. The Hall–Kier alpha value is -1.36. The largest absolute Gasteiger partial charge is 0.351 e. The van der Waals surface area contributed by atoms with Crippen molar-refractivity contribution in [2.24, 2.45) is 0 Å². The molecule has 2 amide bonds. The van der Waals surface area contributed by atoms with Crippen molar-refractivity contribution < 1.29 is 9.59 Å². The van der Waals surface area contributed by atoms with Gasteiger partial charge in [-0.3, -0.25) is 9.59 Å². The van der Waals surface area contributed by atoms with Gasteiger partial charge in [0.1, 0.15) is 0 Å². The molecule has 1 aliphatic heterocycles. The van der Waals surface area contributed by atoms with E-state index in [4.69, 9.17) is 0 Å². The topological polar surface area (TPSA) is 49.4 Å². The summed E-state index contributed by atoms with van der Waals surface area (Å²) in [4.78, 5) is 27.0. The fraction of sp³-hybridized carbons (Fsp3) is 0.600. The zero-order valence-corrected chi connectivity index (χ0v) is 12.8. The van der Waals surface area contributed by atoms with E-state index in [2.05, 4.69) is 12.2 Å². The normalized spacial score (nSPS) is 15.2. The number of rotatable bonds is 5. The van der Waals surface area contributed by atoms with E-state index in [0.717, 1.165) is 32.4 Å². The number of amides is 2. The van der Waals surface area contributed by atoms with E-state index in [9.17, 15) is 9.59 Å². The van der Waals surface area contributed by atoms with Crippen molar-refractivity contribution in [2.75, 3.05) is 19.6 Å². The molecule has 1 N–H and O–H groups in total. The number of aryl methyl sites for hydroxylation is 1. The van der Waals surface area contributed by atoms with Gasteiger partial charge in [0.25, 0.3) is 5.91 Å². The summed E-state index contributed by atoms with van der Waals surface area (Å²) < 4.78 is 0. The number of likely N-dealkylation sites (tertiary alicyclic amines) is 1. The fourth-order valence-corrected chi connectivity index (χ4v) is 3.19. The van der Waals surface area contributed by atoms with Crippen LogP contribution in [0.2, 0.25) is 0 Å². The molecule has 0 bridgehead atoms. The van der Waals surface area contributed by atoms with Crippen LogP contribution in [0.5, 0.6) is 0 Å². The summed E-state index contributed by atoms with van der Waals surface area (Å²) in [5, 5.41) is 4.70. The van der Waals surface area contributed by atoms with E-state index in [1.165, 1.54) is 11.3 Å². The number of thiophene rings is 1. The molecule has 5 heteroatoms. The van der Waals surface area contributed by atoms with Crippen molar-refractivity contribution in [2.45, 2.75) is 39.0 Å². The molecule has 1 aromatic heterocycles. The van der Waals surface area contributed by atoms with Crippen molar-refractivity contribution in [3.05, 3.63) is 21.9 Å². The molecular formula is C15H22N2O2S. The summed E-state index contributed by atoms with van der Waals surface area (Å²) in [6.45, 7) is 4.24. The van der Waals surface area contributed by atoms with Crippen LogP contribution in [0.1, 0.15) is 47.8 Å². The Morgan fingerprint density at radius 1 is 1.30 bits per heavy atom. The molecule has 4 nitrogen and oxygen atoms in total. The third kappa shape index (κ3) is 4.07. The minimum absolute atomic E-state index is 0.0765. The standard InChI is InChI=1S/C15H22N2O2S/c1-2-13-10-12(11-20-13)15(19)16-7-6-14(18)17-8-4-3-5-9-17/h10-11H,2-9H2,1H3,(H,16,19). The highest BCUT2D eigenvalue weighted by Crippen LogP contribution is 2.15. The zero-order chi connectivity index (χ0) is 14.4. The van der Waals surface area contributed by atoms with E-state index in [-0.39, 0.29) is 11.8 Å². The first-order valence-electron chi connectivity index (χ1n) is 7.34. The lowest BCUT2D eigenvalue weighted by Gasteiger charge is -2.26. The number of nitrogens with zero attached hydrogens (tertiary/aromatic N) is 1. The van der Waals surface area contributed by atoms with Gasteiger partial charge in [-0.2, -0.15) is 0 Å². The molecule has 0 aromatic carbocycles. The van der Waals surface area contributed by atoms with Gasteiger partial charge in [0.15, 0.2) is 0 Å². The number of piperidine rings is 1. The minimum atomic E-state index is -0.0765. The molecule has 2 rings (SSSR count). The summed E-state index contributed by atoms with van der Waals surface area (Å²) in [5.41, 5.74) is 0.706. The summed E-state index contributed by atoms with van der Waals surface area (Å²) in [5.74, 6) is 0.0805. The summed E-state index contributed by atoms with van der Waals surface area (Å²) >= 11 is 1.60. The van der Waals surface area contributed by atoms with Crippen molar-refractivity contribution in [3.63, 3.8) is 0 Å². The highest BCUT2D eigenvalue weighted by molar-refractivity contribution is 7.10. The third-order valence-corrected chi connectivity index (χ3v) is 4.68. The maximum Gasteiger partial charge on any atom is 0.252 e. The van der Waals surface area contributed by atoms with E-state index >= 15 is 0 Å². The molecular weight excluding hydrogens is 272 g/mol. The van der Waals surface area contributed by atoms with Crippen LogP contribution in [0.25, 0.3) is 0 Å². The molecule has 2 heterocycles. The van der Waals surface area contributed by atoms with Crippen molar-refractivity contribution >= 4 is 23.2 Å². The van der Waals surface area contributed by atoms with E-state index in [1.807, 2.05) is 16.3 Å². The Balaban J connectivity index is 1.72. The van der Waals surface area contributed by atoms with Crippen LogP contribution < -0.4 is 5.32 Å². The first-order chi connectivity index (χ1) is 9.70. The van der Waals surface area contributed by atoms with Gasteiger partial charge in [0.2, 0.25) is 5.91 Å². The molecule has 20 heavy (non-hydrogen) atoms. The molecule has 0 spiro atoms. The van der Waals surface area contributed by atoms with Crippen molar-refractivity contribution in [1.82, 2.24) is 10.2 Å². The van der Waals surface area contributed by atoms with Crippen LogP contribution in [0.3, 0.4) is 0 Å². The van der Waals surface area contributed by atoms with E-state index in [1.54, 1.807) is 11.3 Å². The van der Waals surface area contributed by atoms with Crippen LogP contribution in [-0.4, -0.2) is 36.3 Å². The van der Waals surface area contributed by atoms with Gasteiger partial charge in [-0.25, -0.2) is 0 Å². The van der Waals surface area contributed by atoms with Crippen LogP contribution in [0.4, 0.5) is 0 Å². The number of carbonyl (C=O) groups is 2. The number of hydrogen-bond donors (Lipinski definition) is 1. The Bertz CT molecular complexity index is 464. The average Bonchev–Trinajstić information content (AvgIpc) is 2.97. The van der Waals surface area contributed by atoms with Gasteiger partial charge in [-0.15, -0.1) is 11.3 Å². The first kappa shape index (κ1) is 15.0. The summed E-state index contributed by atoms with van der Waals surface area (Å²) in [6.07, 6.45) is 4.78. The lowest BCUT2D eigenvalue weighted by molar-refractivity contribution is -0.131. The molecule has 1 aliphatic rings. The van der Waals surface area contributed by atoms with E-state index < -0.39 is 0 Å². The molecule has 1 saturated heterocycles. The van der Waals surface area contributed by atoms with E-state index in [0.29, 0.717) is 18.5 Å². The van der Waals surface area contributed by atoms with Gasteiger partial charge in [0.05, 0.1) is 5.56 Å². The van der Waals surface area contributed by atoms with Gasteiger partial charge >= 0.3 is 0 Å². The maximum absolute atomic E-state index is 11.9. The monoisotopic (exact) mass is 294 g/mol. The Morgan fingerprint density at radius 2 is 2.05 bits per heavy atom. The second kappa shape index (κ2) is 7.43. The Kier molecular flexibility index (Phi) is 5.59. The Labute approximate surface area is 124 Å². The number of nitrogens with one attached hydrogen (secondary N) is 1. The van der Waals surface area contributed by atoms with Crippen LogP contribution in [-0.2, 0) is 11.2 Å². The van der Waals surface area contributed by atoms with Crippen molar-refractivity contribution in [1.29, 1.82) is 0 Å². The second-order valence-electron chi connectivity index (χ2n) is 5.10. The molecule has 0 radical (unpaired) electrons. The van der Waals surface area contributed by atoms with Crippen LogP contribution in [0, 0.1) is 0 Å². The molecule has 1 aromatic rings. The third-order valence-electron chi connectivity index (χ3n) is 3.60. The zero-order valence-electron chi connectivity index (χ0n) is 12.0. The number of hydrogen-bond acceptors (Lipinski definition) is 3. The van der Waals surface area contributed by atoms with Gasteiger partial charge < -0.3 is 10.2 Å². The minimum Gasteiger partial charge on any atom is -0.351 e. The summed E-state index contributed by atoms with van der Waals surface area (Å²) in [6, 6.07) is 1.92. The molecule has 0 aliphatic carbocycles. The molecule has 110 valence electrons. The smallest absolute Gasteiger partial charge is 0.252 e. The van der Waals surface area contributed by atoms with Gasteiger partial charge in [-0.05, 0) is 31.7 Å². The predicted octanol–water partition coefficient (Wildman–Crippen LogP) is 2.44. The first-order valence-corrected chi connectivity index (χ1v) is 8.22. The lowest BCUT2D eigenvalue weighted by Crippen LogP contribution is -2.37. The quantitative estimate of drug-likeness (QED) is 0.907. The van der Waals surface area contributed by atoms with Gasteiger partial charge in [-0.1, -0.05) is 6.92 Å². The highest BCUT2D eigenvalue weighted by atomic mass is 32.1. The van der Waals surface area contributed by atoms with Crippen LogP contribution in [0.15, 0.2) is 11.4 Å². The molecule has 0 atom stereocenters. The predicted molar refractivity (Wildman–Crippen MR) is 81.1 cm³/mol. The van der Waals surface area contributed by atoms with Crippen LogP contribution >= 0.6 is 11.3 Å². The molecule has 0 saturated carbocycles. The lowest BCUT2D eigenvalue weighted by atomic mass is 10.1. The fourth-order valence-electron chi connectivity index (χ4n) is 2.37. The second-order valence-corrected chi connectivity index (χ2v) is 6.10. The Morgan fingerprint density at radius 3 is 2.70 bits per heavy atom.